The van der Waals surface area contributed by atoms with Crippen molar-refractivity contribution in [2.24, 2.45) is 0 Å². The first-order valence-electron chi connectivity index (χ1n) is 45.8. The zero-order valence-electron chi connectivity index (χ0n) is 72.7. The van der Waals surface area contributed by atoms with Crippen LogP contribution in [0.4, 0.5) is 0 Å². The number of rotatable bonds is 86. The highest BCUT2D eigenvalue weighted by Gasteiger charge is 2.29. The van der Waals surface area contributed by atoms with E-state index in [-0.39, 0.29) is 19.3 Å². The Bertz CT molecular complexity index is 2720. The molecule has 0 fully saturated rings. The van der Waals surface area contributed by atoms with E-state index in [9.17, 15) is 43.5 Å². The molecular formula is C97H166O16P2. The van der Waals surface area contributed by atoms with Crippen LogP contribution in [-0.4, -0.2) is 95.9 Å². The first kappa shape index (κ1) is 110. The molecule has 4 N–H and O–H groups in total. The third kappa shape index (κ3) is 89.8. The molecule has 115 heavy (non-hydrogen) atoms. The number of allylic oxidation sites excluding steroid dienone is 26. The van der Waals surface area contributed by atoms with Gasteiger partial charge in [0.05, 0.1) is 26.4 Å². The molecule has 0 aliphatic heterocycles. The third-order valence-electron chi connectivity index (χ3n) is 19.2. The second-order valence-electron chi connectivity index (χ2n) is 30.3. The molecule has 18 heteroatoms. The molecule has 5 unspecified atom stereocenters. The molecule has 0 bridgehead atoms. The van der Waals surface area contributed by atoms with Crippen molar-refractivity contribution in [3.63, 3.8) is 0 Å². The summed E-state index contributed by atoms with van der Waals surface area (Å²) in [6.45, 7) is 2.41. The summed E-state index contributed by atoms with van der Waals surface area (Å²) in [4.78, 5) is 58.8. The topological polar surface area (TPSA) is 231 Å². The van der Waals surface area contributed by atoms with E-state index in [1.54, 1.807) is 0 Å². The van der Waals surface area contributed by atoms with Crippen molar-refractivity contribution >= 4 is 33.6 Å². The van der Waals surface area contributed by atoms with Gasteiger partial charge in [-0.3, -0.25) is 32.5 Å². The Hall–Kier alpha value is -4.83. The number of aliphatic hydroxyl groups is 2. The summed E-state index contributed by atoms with van der Waals surface area (Å²) in [7, 11) is -9.80. The van der Waals surface area contributed by atoms with Gasteiger partial charge >= 0.3 is 33.6 Å². The van der Waals surface area contributed by atoms with Gasteiger partial charge in [-0.15, -0.1) is 0 Å². The maximum atomic E-state index is 13.0. The van der Waals surface area contributed by atoms with E-state index in [2.05, 4.69) is 179 Å². The van der Waals surface area contributed by atoms with Crippen LogP contribution >= 0.6 is 15.6 Å². The predicted molar refractivity (Wildman–Crippen MR) is 482 cm³/mol. The molecule has 0 aromatic heterocycles. The molecule has 0 aliphatic carbocycles. The van der Waals surface area contributed by atoms with E-state index in [0.29, 0.717) is 19.3 Å². The summed E-state index contributed by atoms with van der Waals surface area (Å²) in [6.07, 6.45) is 113. The summed E-state index contributed by atoms with van der Waals surface area (Å²) < 4.78 is 61.3. The number of hydrogen-bond acceptors (Lipinski definition) is 14. The molecule has 0 rings (SSSR count). The Morgan fingerprint density at radius 1 is 0.252 bits per heavy atom. The van der Waals surface area contributed by atoms with E-state index < -0.39 is 91.5 Å². The SMILES string of the molecule is CC/C=C\C/C=C\C/C=C\C/C=C\C/C=C\C/C=C\CCCCCCCCCCCCCCCCC(=O)OCC(O)COP(=O)(O)OCC(O)COP(=O)(O)OCC(COC(=O)CCCCCCCCCCCCCCCCCCC/C=C\C/C=C\C/C=C\C/C=C\C/C=C\CC)OC(=O)CCCCCCC/C=C\C/C=C\CCC. The number of unbranched alkanes of at least 4 members (excludes halogenated alkanes) is 37. The van der Waals surface area contributed by atoms with Crippen LogP contribution in [0.3, 0.4) is 0 Å². The van der Waals surface area contributed by atoms with Gasteiger partial charge in [-0.1, -0.05) is 378 Å². The van der Waals surface area contributed by atoms with Crippen LogP contribution in [0.1, 0.15) is 380 Å². The molecule has 0 aromatic carbocycles. The van der Waals surface area contributed by atoms with Gasteiger partial charge in [0, 0.05) is 19.3 Å². The molecule has 0 saturated heterocycles. The quantitative estimate of drug-likeness (QED) is 0.0146. The maximum Gasteiger partial charge on any atom is 0.472 e. The summed E-state index contributed by atoms with van der Waals surface area (Å²) in [6, 6.07) is 0. The van der Waals surface area contributed by atoms with Crippen molar-refractivity contribution < 1.29 is 75.8 Å². The van der Waals surface area contributed by atoms with Crippen LogP contribution in [0.5, 0.6) is 0 Å². The monoisotopic (exact) mass is 1650 g/mol. The largest absolute Gasteiger partial charge is 0.472 e. The van der Waals surface area contributed by atoms with E-state index >= 15 is 0 Å². The number of phosphoric acid groups is 2. The highest BCUT2D eigenvalue weighted by Crippen LogP contribution is 2.45. The number of esters is 3. The number of carbonyl (C=O) groups excluding carboxylic acids is 3. The Morgan fingerprint density at radius 3 is 0.730 bits per heavy atom. The van der Waals surface area contributed by atoms with Crippen molar-refractivity contribution in [1.29, 1.82) is 0 Å². The van der Waals surface area contributed by atoms with Crippen LogP contribution in [-0.2, 0) is 55.8 Å². The minimum absolute atomic E-state index is 0.0876. The highest BCUT2D eigenvalue weighted by molar-refractivity contribution is 7.47. The fraction of sp³-hybridized carbons (Fsp3) is 0.701. The van der Waals surface area contributed by atoms with Crippen molar-refractivity contribution in [1.82, 2.24) is 0 Å². The zero-order chi connectivity index (χ0) is 83.6. The average Bonchev–Trinajstić information content (AvgIpc) is 0.901. The Kier molecular flexibility index (Phi) is 84.7. The lowest BCUT2D eigenvalue weighted by molar-refractivity contribution is -0.161. The first-order valence-corrected chi connectivity index (χ1v) is 48.8. The van der Waals surface area contributed by atoms with E-state index in [1.807, 2.05) is 0 Å². The lowest BCUT2D eigenvalue weighted by Crippen LogP contribution is -2.30. The van der Waals surface area contributed by atoms with E-state index in [1.165, 1.54) is 154 Å². The van der Waals surface area contributed by atoms with Crippen LogP contribution in [0.2, 0.25) is 0 Å². The molecule has 0 spiro atoms. The molecule has 5 atom stereocenters. The lowest BCUT2D eigenvalue weighted by Gasteiger charge is -2.21. The maximum absolute atomic E-state index is 13.0. The first-order chi connectivity index (χ1) is 56.2. The lowest BCUT2D eigenvalue weighted by atomic mass is 10.0. The summed E-state index contributed by atoms with van der Waals surface area (Å²) in [5.41, 5.74) is 0. The van der Waals surface area contributed by atoms with Gasteiger partial charge in [-0.25, -0.2) is 9.13 Å². The second-order valence-corrected chi connectivity index (χ2v) is 33.2. The third-order valence-corrected chi connectivity index (χ3v) is 21.1. The van der Waals surface area contributed by atoms with Gasteiger partial charge in [0.1, 0.15) is 25.4 Å². The molecule has 0 heterocycles. The molecule has 0 aliphatic rings. The van der Waals surface area contributed by atoms with Crippen LogP contribution in [0, 0.1) is 0 Å². The van der Waals surface area contributed by atoms with Crippen LogP contribution in [0.25, 0.3) is 0 Å². The van der Waals surface area contributed by atoms with Gasteiger partial charge < -0.3 is 34.2 Å². The van der Waals surface area contributed by atoms with Gasteiger partial charge in [0.25, 0.3) is 0 Å². The van der Waals surface area contributed by atoms with E-state index in [0.717, 1.165) is 167 Å². The number of carbonyl (C=O) groups is 3. The Morgan fingerprint density at radius 2 is 0.461 bits per heavy atom. The molecule has 0 aromatic rings. The van der Waals surface area contributed by atoms with Crippen molar-refractivity contribution in [3.05, 3.63) is 158 Å². The van der Waals surface area contributed by atoms with Gasteiger partial charge in [0.15, 0.2) is 6.10 Å². The van der Waals surface area contributed by atoms with Crippen molar-refractivity contribution in [3.8, 4) is 0 Å². The predicted octanol–water partition coefficient (Wildman–Crippen LogP) is 28.1. The number of ether oxygens (including phenoxy) is 3. The molecule has 16 nitrogen and oxygen atoms in total. The number of phosphoric ester groups is 2. The minimum Gasteiger partial charge on any atom is -0.463 e. The second kappa shape index (κ2) is 88.5. The summed E-state index contributed by atoms with van der Waals surface area (Å²) >= 11 is 0. The average molecular weight is 1650 g/mol. The number of hydrogen-bond donors (Lipinski definition) is 4. The van der Waals surface area contributed by atoms with Crippen LogP contribution < -0.4 is 0 Å². The minimum atomic E-state index is -4.94. The zero-order valence-corrected chi connectivity index (χ0v) is 74.5. The van der Waals surface area contributed by atoms with Gasteiger partial charge in [-0.2, -0.15) is 0 Å². The Balaban J connectivity index is 4.40. The summed E-state index contributed by atoms with van der Waals surface area (Å²) in [5, 5.41) is 20.7. The molecule has 0 saturated carbocycles. The fourth-order valence-corrected chi connectivity index (χ4v) is 13.9. The smallest absolute Gasteiger partial charge is 0.463 e. The standard InChI is InChI=1S/C97H166O16P2/c1-4-7-10-13-16-19-22-25-27-29-31-33-35-37-39-41-43-45-47-49-51-53-55-57-59-61-63-66-68-71-74-77-80-83-95(100)107-86-92(98)87-109-114(103,104)110-88-93(99)89-111-115(105,106)112-91-94(113-97(102)85-82-79-76-73-70-65-24-21-18-15-12-9-6-3)90-108-96(101)84-81-78-75-72-69-67-64-62-60-58-56-54-52-50-48-46-44-42-40-38-36-34-32-30-28-26-23-20-17-14-11-8-5-2/h7-8,10-12,15-17,19-21,24-28,31-34,37-40,43,45,92-94,98-99H,4-6,9,13-14,18,22-23,29-30,35-36,41-42,44,46-91H2,1-3H3,(H,103,104)(H,105,106)/b10-7-,11-8-,15-12-,19-16-,20-17-,24-21-,27-25-,28-26-,33-31-,34-32-,39-37-,40-38-,45-43-. The van der Waals surface area contributed by atoms with E-state index in [4.69, 9.17) is 32.3 Å². The van der Waals surface area contributed by atoms with Crippen molar-refractivity contribution in [2.75, 3.05) is 39.6 Å². The van der Waals surface area contributed by atoms with Crippen molar-refractivity contribution in [2.45, 2.75) is 399 Å². The summed E-state index contributed by atoms with van der Waals surface area (Å²) in [5.74, 6) is -1.58. The Labute approximate surface area is 701 Å². The molecular weight excluding hydrogens is 1480 g/mol. The van der Waals surface area contributed by atoms with Gasteiger partial charge in [0.2, 0.25) is 0 Å². The fourth-order valence-electron chi connectivity index (χ4n) is 12.3. The molecule has 0 radical (unpaired) electrons. The molecule has 660 valence electrons. The number of aliphatic hydroxyl groups excluding tert-OH is 2. The molecule has 0 amide bonds. The highest BCUT2D eigenvalue weighted by atomic mass is 31.2. The van der Waals surface area contributed by atoms with Crippen LogP contribution in [0.15, 0.2) is 158 Å². The van der Waals surface area contributed by atoms with Gasteiger partial charge in [-0.05, 0) is 141 Å². The normalized spacial score (nSPS) is 14.5.